The number of aromatic nitrogens is 2. The summed E-state index contributed by atoms with van der Waals surface area (Å²) < 4.78 is 23.4. The van der Waals surface area contributed by atoms with E-state index in [2.05, 4.69) is 9.97 Å². The van der Waals surface area contributed by atoms with E-state index in [0.29, 0.717) is 11.0 Å². The smallest absolute Gasteiger partial charge is 0.246 e. The van der Waals surface area contributed by atoms with E-state index in [1.54, 1.807) is 0 Å². The first-order valence-corrected chi connectivity index (χ1v) is 5.77. The van der Waals surface area contributed by atoms with Crippen molar-refractivity contribution in [2.24, 2.45) is 0 Å². The van der Waals surface area contributed by atoms with Crippen LogP contribution in [0.25, 0.3) is 11.0 Å². The number of ketones is 1. The van der Waals surface area contributed by atoms with Crippen LogP contribution >= 0.6 is 0 Å². The standard InChI is InChI=1S/C14H9FN2O3/c1-19-13-6-10(16-7-17-13)14(18)12-5-8-4-9(15)2-3-11(8)20-12/h2-7H,1H3. The summed E-state index contributed by atoms with van der Waals surface area (Å²) >= 11 is 0. The molecule has 0 aliphatic rings. The molecule has 2 aromatic heterocycles. The molecule has 0 atom stereocenters. The van der Waals surface area contributed by atoms with Gasteiger partial charge in [0.15, 0.2) is 5.76 Å². The van der Waals surface area contributed by atoms with Gasteiger partial charge in [-0.2, -0.15) is 0 Å². The summed E-state index contributed by atoms with van der Waals surface area (Å²) in [6, 6.07) is 6.94. The Labute approximate surface area is 113 Å². The summed E-state index contributed by atoms with van der Waals surface area (Å²) in [6.07, 6.45) is 1.23. The SMILES string of the molecule is COc1cc(C(=O)c2cc3cc(F)ccc3o2)ncn1. The van der Waals surface area contributed by atoms with Gasteiger partial charge in [-0.3, -0.25) is 4.79 Å². The zero-order valence-electron chi connectivity index (χ0n) is 10.5. The van der Waals surface area contributed by atoms with Gasteiger partial charge in [0, 0.05) is 11.5 Å². The fourth-order valence-electron chi connectivity index (χ4n) is 1.83. The number of methoxy groups -OCH3 is 1. The number of nitrogens with zero attached hydrogens (tertiary/aromatic N) is 2. The number of hydrogen-bond donors (Lipinski definition) is 0. The van der Waals surface area contributed by atoms with Gasteiger partial charge in [0.25, 0.3) is 0 Å². The van der Waals surface area contributed by atoms with Crippen molar-refractivity contribution >= 4 is 16.8 Å². The second-order valence-electron chi connectivity index (χ2n) is 4.07. The maximum Gasteiger partial charge on any atom is 0.246 e. The van der Waals surface area contributed by atoms with Crippen LogP contribution in [0, 0.1) is 5.82 Å². The Balaban J connectivity index is 2.03. The lowest BCUT2D eigenvalue weighted by atomic mass is 10.2. The molecule has 5 nitrogen and oxygen atoms in total. The Morgan fingerprint density at radius 2 is 2.10 bits per heavy atom. The van der Waals surface area contributed by atoms with E-state index in [0.717, 1.165) is 0 Å². The fraction of sp³-hybridized carbons (Fsp3) is 0.0714. The molecule has 1 aromatic carbocycles. The predicted octanol–water partition coefficient (Wildman–Crippen LogP) is 2.60. The first kappa shape index (κ1) is 12.3. The molecule has 0 N–H and O–H groups in total. The minimum atomic E-state index is -0.415. The van der Waals surface area contributed by atoms with E-state index in [-0.39, 0.29) is 23.2 Å². The lowest BCUT2D eigenvalue weighted by Crippen LogP contribution is -2.03. The molecule has 0 bridgehead atoms. The van der Waals surface area contributed by atoms with Gasteiger partial charge in [-0.15, -0.1) is 0 Å². The highest BCUT2D eigenvalue weighted by molar-refractivity contribution is 6.07. The second-order valence-corrected chi connectivity index (χ2v) is 4.07. The maximum absolute atomic E-state index is 13.1. The third-order valence-electron chi connectivity index (χ3n) is 2.79. The van der Waals surface area contributed by atoms with Gasteiger partial charge < -0.3 is 9.15 Å². The van der Waals surface area contributed by atoms with Gasteiger partial charge in [-0.1, -0.05) is 0 Å². The van der Waals surface area contributed by atoms with Crippen LogP contribution in [0.2, 0.25) is 0 Å². The molecular formula is C14H9FN2O3. The monoisotopic (exact) mass is 272 g/mol. The fourth-order valence-corrected chi connectivity index (χ4v) is 1.83. The highest BCUT2D eigenvalue weighted by Crippen LogP contribution is 2.22. The lowest BCUT2D eigenvalue weighted by Gasteiger charge is -1.99. The van der Waals surface area contributed by atoms with Crippen molar-refractivity contribution in [2.75, 3.05) is 7.11 Å². The molecule has 0 spiro atoms. The summed E-state index contributed by atoms with van der Waals surface area (Å²) in [6.45, 7) is 0. The Morgan fingerprint density at radius 1 is 1.25 bits per heavy atom. The van der Waals surface area contributed by atoms with Crippen LogP contribution in [-0.2, 0) is 0 Å². The van der Waals surface area contributed by atoms with Gasteiger partial charge in [-0.25, -0.2) is 14.4 Å². The Hall–Kier alpha value is -2.76. The number of ether oxygens (including phenoxy) is 1. The molecular weight excluding hydrogens is 263 g/mol. The molecule has 0 radical (unpaired) electrons. The molecule has 6 heteroatoms. The molecule has 20 heavy (non-hydrogen) atoms. The summed E-state index contributed by atoms with van der Waals surface area (Å²) in [5.41, 5.74) is 0.590. The average Bonchev–Trinajstić information content (AvgIpc) is 2.89. The molecule has 3 aromatic rings. The molecule has 2 heterocycles. The minimum Gasteiger partial charge on any atom is -0.481 e. The topological polar surface area (TPSA) is 65.2 Å². The van der Waals surface area contributed by atoms with E-state index in [4.69, 9.17) is 9.15 Å². The van der Waals surface area contributed by atoms with Crippen LogP contribution < -0.4 is 4.74 Å². The molecule has 0 fully saturated rings. The number of fused-ring (bicyclic) bond motifs is 1. The molecule has 0 saturated heterocycles. The second kappa shape index (κ2) is 4.73. The molecule has 100 valence electrons. The highest BCUT2D eigenvalue weighted by atomic mass is 19.1. The number of hydrogen-bond acceptors (Lipinski definition) is 5. The Kier molecular flexibility index (Phi) is 2.90. The quantitative estimate of drug-likeness (QED) is 0.686. The number of rotatable bonds is 3. The minimum absolute atomic E-state index is 0.0892. The third kappa shape index (κ3) is 2.11. The van der Waals surface area contributed by atoms with Crippen molar-refractivity contribution in [3.8, 4) is 5.88 Å². The average molecular weight is 272 g/mol. The number of benzene rings is 1. The number of carbonyl (C=O) groups excluding carboxylic acids is 1. The van der Waals surface area contributed by atoms with Crippen LogP contribution in [0.4, 0.5) is 4.39 Å². The molecule has 0 aliphatic heterocycles. The first-order valence-electron chi connectivity index (χ1n) is 5.77. The maximum atomic E-state index is 13.1. The molecule has 3 rings (SSSR count). The van der Waals surface area contributed by atoms with Gasteiger partial charge >= 0.3 is 0 Å². The van der Waals surface area contributed by atoms with E-state index in [1.165, 1.54) is 43.8 Å². The van der Waals surface area contributed by atoms with E-state index >= 15 is 0 Å². The lowest BCUT2D eigenvalue weighted by molar-refractivity contribution is 0.101. The number of carbonyl (C=O) groups is 1. The van der Waals surface area contributed by atoms with Crippen molar-refractivity contribution in [1.29, 1.82) is 0 Å². The van der Waals surface area contributed by atoms with Crippen molar-refractivity contribution < 1.29 is 18.3 Å². The molecule has 0 amide bonds. The van der Waals surface area contributed by atoms with Crippen molar-refractivity contribution in [3.63, 3.8) is 0 Å². The van der Waals surface area contributed by atoms with Crippen LogP contribution in [0.15, 0.2) is 41.1 Å². The van der Waals surface area contributed by atoms with Crippen molar-refractivity contribution in [3.05, 3.63) is 53.9 Å². The van der Waals surface area contributed by atoms with Gasteiger partial charge in [0.2, 0.25) is 11.7 Å². The highest BCUT2D eigenvalue weighted by Gasteiger charge is 2.17. The summed E-state index contributed by atoms with van der Waals surface area (Å²) in [7, 11) is 1.44. The van der Waals surface area contributed by atoms with E-state index in [1.807, 2.05) is 0 Å². The molecule has 0 unspecified atom stereocenters. The normalized spacial score (nSPS) is 10.7. The van der Waals surface area contributed by atoms with Gasteiger partial charge in [0.1, 0.15) is 23.4 Å². The Morgan fingerprint density at radius 3 is 2.90 bits per heavy atom. The van der Waals surface area contributed by atoms with Crippen LogP contribution in [0.3, 0.4) is 0 Å². The Bertz CT molecular complexity index is 798. The summed E-state index contributed by atoms with van der Waals surface area (Å²) in [4.78, 5) is 19.9. The predicted molar refractivity (Wildman–Crippen MR) is 68.2 cm³/mol. The van der Waals surface area contributed by atoms with Gasteiger partial charge in [0.05, 0.1) is 7.11 Å². The molecule has 0 saturated carbocycles. The van der Waals surface area contributed by atoms with Crippen LogP contribution in [0.1, 0.15) is 16.2 Å². The van der Waals surface area contributed by atoms with Crippen molar-refractivity contribution in [2.45, 2.75) is 0 Å². The van der Waals surface area contributed by atoms with E-state index in [9.17, 15) is 9.18 Å². The zero-order chi connectivity index (χ0) is 14.1. The van der Waals surface area contributed by atoms with Gasteiger partial charge in [-0.05, 0) is 24.3 Å². The summed E-state index contributed by atoms with van der Waals surface area (Å²) in [5, 5.41) is 0.523. The molecule has 0 aliphatic carbocycles. The number of furan rings is 1. The van der Waals surface area contributed by atoms with Crippen molar-refractivity contribution in [1.82, 2.24) is 9.97 Å². The zero-order valence-corrected chi connectivity index (χ0v) is 10.5. The van der Waals surface area contributed by atoms with Crippen LogP contribution in [-0.4, -0.2) is 22.9 Å². The first-order chi connectivity index (χ1) is 9.67. The number of halogens is 1. The third-order valence-corrected chi connectivity index (χ3v) is 2.79. The van der Waals surface area contributed by atoms with E-state index < -0.39 is 5.78 Å². The largest absolute Gasteiger partial charge is 0.481 e. The van der Waals surface area contributed by atoms with Crippen LogP contribution in [0.5, 0.6) is 5.88 Å². The summed E-state index contributed by atoms with van der Waals surface area (Å²) in [5.74, 6) is -0.430.